The Morgan fingerprint density at radius 1 is 1.24 bits per heavy atom. The molecule has 0 aromatic heterocycles. The van der Waals surface area contributed by atoms with Gasteiger partial charge in [0.25, 0.3) is 0 Å². The molecule has 1 heterocycles. The molecule has 0 aromatic carbocycles. The Hall–Kier alpha value is -1.15. The average Bonchev–Trinajstić information content (AvgIpc) is 2.62. The molecular formula is C9H17N3O4S. The van der Waals surface area contributed by atoms with Gasteiger partial charge in [-0.05, 0) is 12.8 Å². The van der Waals surface area contributed by atoms with Gasteiger partial charge in [-0.25, -0.2) is 8.42 Å². The van der Waals surface area contributed by atoms with Gasteiger partial charge in [0.2, 0.25) is 0 Å². The molecule has 1 fully saturated rings. The van der Waals surface area contributed by atoms with Crippen LogP contribution in [-0.4, -0.2) is 50.9 Å². The zero-order chi connectivity index (χ0) is 12.9. The predicted molar refractivity (Wildman–Crippen MR) is 61.9 cm³/mol. The monoisotopic (exact) mass is 263 g/mol. The van der Waals surface area contributed by atoms with Crippen molar-refractivity contribution in [3.05, 3.63) is 0 Å². The number of nitrogens with two attached hydrogens (primary N) is 1. The van der Waals surface area contributed by atoms with E-state index in [1.54, 1.807) is 0 Å². The third kappa shape index (κ3) is 3.97. The van der Waals surface area contributed by atoms with Gasteiger partial charge in [0, 0.05) is 19.6 Å². The van der Waals surface area contributed by atoms with Crippen molar-refractivity contribution in [2.45, 2.75) is 18.1 Å². The summed E-state index contributed by atoms with van der Waals surface area (Å²) >= 11 is 0. The maximum Gasteiger partial charge on any atom is 0.309 e. The van der Waals surface area contributed by atoms with Gasteiger partial charge in [0.15, 0.2) is 9.84 Å². The van der Waals surface area contributed by atoms with Crippen molar-refractivity contribution in [3.8, 4) is 0 Å². The highest BCUT2D eigenvalue weighted by molar-refractivity contribution is 7.92. The fourth-order valence-corrected chi connectivity index (χ4v) is 3.41. The molecule has 0 radical (unpaired) electrons. The minimum absolute atomic E-state index is 0.00277. The molecule has 1 atom stereocenters. The minimum atomic E-state index is -3.09. The van der Waals surface area contributed by atoms with Crippen LogP contribution >= 0.6 is 0 Å². The summed E-state index contributed by atoms with van der Waals surface area (Å²) in [6, 6.07) is 0. The molecule has 0 spiro atoms. The summed E-state index contributed by atoms with van der Waals surface area (Å²) in [4.78, 5) is 22.4. The standard InChI is InChI=1S/C9H17N3O4S/c10-3-4-11-8(13)9(14)12-6-7-2-1-5-17(7,15)16/h7H,1-6,10H2,(H,11,13)(H,12,14). The smallest absolute Gasteiger partial charge is 0.309 e. The van der Waals surface area contributed by atoms with Gasteiger partial charge in [0.05, 0.1) is 11.0 Å². The lowest BCUT2D eigenvalue weighted by Crippen LogP contribution is -2.44. The molecule has 0 aliphatic carbocycles. The fourth-order valence-electron chi connectivity index (χ4n) is 1.64. The second-order valence-electron chi connectivity index (χ2n) is 3.89. The van der Waals surface area contributed by atoms with Crippen LogP contribution in [0.15, 0.2) is 0 Å². The van der Waals surface area contributed by atoms with Crippen LogP contribution in [0.3, 0.4) is 0 Å². The van der Waals surface area contributed by atoms with Gasteiger partial charge >= 0.3 is 11.8 Å². The Morgan fingerprint density at radius 2 is 1.88 bits per heavy atom. The molecule has 1 unspecified atom stereocenters. The van der Waals surface area contributed by atoms with Crippen LogP contribution in [0.25, 0.3) is 0 Å². The van der Waals surface area contributed by atoms with E-state index < -0.39 is 26.9 Å². The summed E-state index contributed by atoms with van der Waals surface area (Å²) in [5.74, 6) is -1.45. The van der Waals surface area contributed by atoms with E-state index in [1.165, 1.54) is 0 Å². The van der Waals surface area contributed by atoms with Gasteiger partial charge in [0.1, 0.15) is 0 Å². The molecule has 7 nitrogen and oxygen atoms in total. The Balaban J connectivity index is 2.36. The van der Waals surface area contributed by atoms with Crippen molar-refractivity contribution >= 4 is 21.7 Å². The fraction of sp³-hybridized carbons (Fsp3) is 0.778. The van der Waals surface area contributed by atoms with Crippen LogP contribution in [0.4, 0.5) is 0 Å². The molecule has 0 aromatic rings. The van der Waals surface area contributed by atoms with Gasteiger partial charge in [-0.2, -0.15) is 0 Å². The number of carbonyl (C=O) groups excluding carboxylic acids is 2. The van der Waals surface area contributed by atoms with Crippen molar-refractivity contribution < 1.29 is 18.0 Å². The van der Waals surface area contributed by atoms with Crippen LogP contribution in [0.1, 0.15) is 12.8 Å². The number of hydrogen-bond donors (Lipinski definition) is 3. The second-order valence-corrected chi connectivity index (χ2v) is 6.29. The summed E-state index contributed by atoms with van der Waals surface area (Å²) in [6.45, 7) is 0.460. The third-order valence-electron chi connectivity index (χ3n) is 2.59. The number of nitrogens with one attached hydrogen (secondary N) is 2. The molecule has 0 bridgehead atoms. The highest BCUT2D eigenvalue weighted by Crippen LogP contribution is 2.18. The highest BCUT2D eigenvalue weighted by atomic mass is 32.2. The summed E-state index contributed by atoms with van der Waals surface area (Å²) in [6.07, 6.45) is 1.15. The normalized spacial score (nSPS) is 22.1. The molecule has 4 N–H and O–H groups in total. The number of amides is 2. The minimum Gasteiger partial charge on any atom is -0.347 e. The van der Waals surface area contributed by atoms with Gasteiger partial charge in [-0.1, -0.05) is 0 Å². The lowest BCUT2D eigenvalue weighted by atomic mass is 10.2. The topological polar surface area (TPSA) is 118 Å². The van der Waals surface area contributed by atoms with Crippen molar-refractivity contribution in [1.82, 2.24) is 10.6 Å². The first-order valence-corrected chi connectivity index (χ1v) is 7.16. The Bertz CT molecular complexity index is 393. The summed E-state index contributed by atoms with van der Waals surface area (Å²) in [5, 5.41) is 4.06. The van der Waals surface area contributed by atoms with E-state index in [9.17, 15) is 18.0 Å². The molecule has 1 saturated heterocycles. The Labute approximate surface area is 100 Å². The quantitative estimate of drug-likeness (QED) is 0.495. The molecule has 98 valence electrons. The van der Waals surface area contributed by atoms with E-state index in [0.717, 1.165) is 0 Å². The average molecular weight is 263 g/mol. The van der Waals surface area contributed by atoms with E-state index in [0.29, 0.717) is 12.8 Å². The second kappa shape index (κ2) is 5.97. The molecular weight excluding hydrogens is 246 g/mol. The first-order valence-electron chi connectivity index (χ1n) is 5.45. The summed E-state index contributed by atoms with van der Waals surface area (Å²) in [5.41, 5.74) is 5.16. The van der Waals surface area contributed by atoms with Crippen LogP contribution in [0.2, 0.25) is 0 Å². The van der Waals surface area contributed by atoms with Crippen molar-refractivity contribution in [3.63, 3.8) is 0 Å². The van der Waals surface area contributed by atoms with E-state index >= 15 is 0 Å². The third-order valence-corrected chi connectivity index (χ3v) is 4.87. The largest absolute Gasteiger partial charge is 0.347 e. The first-order chi connectivity index (χ1) is 7.97. The van der Waals surface area contributed by atoms with Crippen LogP contribution < -0.4 is 16.4 Å². The van der Waals surface area contributed by atoms with Gasteiger partial charge in [-0.3, -0.25) is 9.59 Å². The molecule has 0 saturated carbocycles. The van der Waals surface area contributed by atoms with E-state index in [2.05, 4.69) is 10.6 Å². The molecule has 8 heteroatoms. The molecule has 1 aliphatic rings. The Morgan fingerprint density at radius 3 is 2.41 bits per heavy atom. The maximum atomic E-state index is 11.4. The molecule has 2 amide bonds. The van der Waals surface area contributed by atoms with Crippen molar-refractivity contribution in [1.29, 1.82) is 0 Å². The van der Waals surface area contributed by atoms with Crippen LogP contribution in [0, 0.1) is 0 Å². The van der Waals surface area contributed by atoms with Crippen molar-refractivity contribution in [2.24, 2.45) is 5.73 Å². The lowest BCUT2D eigenvalue weighted by Gasteiger charge is -2.10. The number of hydrogen-bond acceptors (Lipinski definition) is 5. The number of carbonyl (C=O) groups is 2. The summed E-state index contributed by atoms with van der Waals surface area (Å²) in [7, 11) is -3.09. The zero-order valence-corrected chi connectivity index (χ0v) is 10.3. The van der Waals surface area contributed by atoms with Gasteiger partial charge in [-0.15, -0.1) is 0 Å². The van der Waals surface area contributed by atoms with Crippen molar-refractivity contribution in [2.75, 3.05) is 25.4 Å². The van der Waals surface area contributed by atoms with E-state index in [4.69, 9.17) is 5.73 Å². The zero-order valence-electron chi connectivity index (χ0n) is 9.44. The maximum absolute atomic E-state index is 11.4. The van der Waals surface area contributed by atoms with Crippen LogP contribution in [-0.2, 0) is 19.4 Å². The molecule has 1 rings (SSSR count). The molecule has 17 heavy (non-hydrogen) atoms. The first kappa shape index (κ1) is 13.9. The lowest BCUT2D eigenvalue weighted by molar-refractivity contribution is -0.139. The molecule has 1 aliphatic heterocycles. The number of sulfone groups is 1. The SMILES string of the molecule is NCCNC(=O)C(=O)NCC1CCCS1(=O)=O. The number of rotatable bonds is 4. The summed E-state index contributed by atoms with van der Waals surface area (Å²) < 4.78 is 22.9. The van der Waals surface area contributed by atoms with Crippen LogP contribution in [0.5, 0.6) is 0 Å². The predicted octanol–water partition coefficient (Wildman–Crippen LogP) is -2.25. The highest BCUT2D eigenvalue weighted by Gasteiger charge is 2.31. The Kier molecular flexibility index (Phi) is 4.88. The van der Waals surface area contributed by atoms with E-state index in [-0.39, 0.29) is 25.4 Å². The van der Waals surface area contributed by atoms with E-state index in [1.807, 2.05) is 0 Å². The van der Waals surface area contributed by atoms with Gasteiger partial charge < -0.3 is 16.4 Å².